The van der Waals surface area contributed by atoms with E-state index in [9.17, 15) is 0 Å². The summed E-state index contributed by atoms with van der Waals surface area (Å²) in [5, 5.41) is 7.89. The average molecular weight is 266 g/mol. The molecule has 0 radical (unpaired) electrons. The molecule has 1 N–H and O–H groups in total. The summed E-state index contributed by atoms with van der Waals surface area (Å²) in [5.74, 6) is 1.07. The van der Waals surface area contributed by atoms with Gasteiger partial charge in [0.15, 0.2) is 0 Å². The van der Waals surface area contributed by atoms with Crippen molar-refractivity contribution in [2.75, 3.05) is 13.7 Å². The second kappa shape index (κ2) is 6.48. The summed E-state index contributed by atoms with van der Waals surface area (Å²) >= 11 is 0. The lowest BCUT2D eigenvalue weighted by Gasteiger charge is -2.46. The number of ether oxygens (including phenoxy) is 1. The first-order valence-electron chi connectivity index (χ1n) is 7.41. The molecule has 0 amide bonds. The molecule has 1 heterocycles. The van der Waals surface area contributed by atoms with Gasteiger partial charge in [-0.25, -0.2) is 4.98 Å². The molecule has 1 aliphatic rings. The summed E-state index contributed by atoms with van der Waals surface area (Å²) in [5.41, 5.74) is -0.000987. The van der Waals surface area contributed by atoms with Gasteiger partial charge in [0.2, 0.25) is 0 Å². The summed E-state index contributed by atoms with van der Waals surface area (Å²) in [6, 6.07) is 0.330. The quantitative estimate of drug-likeness (QED) is 0.779. The van der Waals surface area contributed by atoms with E-state index < -0.39 is 0 Å². The lowest BCUT2D eigenvalue weighted by Crippen LogP contribution is -2.57. The minimum Gasteiger partial charge on any atom is -0.377 e. The molecule has 0 aromatic carbocycles. The van der Waals surface area contributed by atoms with Gasteiger partial charge in [-0.15, -0.1) is 0 Å². The zero-order chi connectivity index (χ0) is 13.7. The normalized spacial score (nSPS) is 19.1. The van der Waals surface area contributed by atoms with E-state index in [1.54, 1.807) is 6.33 Å². The van der Waals surface area contributed by atoms with Gasteiger partial charge in [-0.05, 0) is 32.2 Å². The molecule has 2 rings (SSSR count). The molecule has 1 aromatic heterocycles. The van der Waals surface area contributed by atoms with Gasteiger partial charge in [-0.2, -0.15) is 5.10 Å². The van der Waals surface area contributed by atoms with Crippen LogP contribution >= 0.6 is 0 Å². The number of nitrogens with zero attached hydrogens (tertiary/aromatic N) is 3. The zero-order valence-corrected chi connectivity index (χ0v) is 12.4. The predicted molar refractivity (Wildman–Crippen MR) is 75.1 cm³/mol. The highest BCUT2D eigenvalue weighted by Gasteiger charge is 2.44. The Balaban J connectivity index is 2.09. The van der Waals surface area contributed by atoms with Crippen molar-refractivity contribution in [1.82, 2.24) is 20.1 Å². The molecule has 1 aromatic rings. The van der Waals surface area contributed by atoms with E-state index in [4.69, 9.17) is 4.74 Å². The van der Waals surface area contributed by atoms with Crippen molar-refractivity contribution in [3.05, 3.63) is 12.2 Å². The molecule has 0 aliphatic heterocycles. The van der Waals surface area contributed by atoms with Gasteiger partial charge in [0.05, 0.1) is 5.60 Å². The summed E-state index contributed by atoms with van der Waals surface area (Å²) in [6.45, 7) is 6.20. The first-order chi connectivity index (χ1) is 9.25. The fourth-order valence-corrected chi connectivity index (χ4v) is 2.94. The highest BCUT2D eigenvalue weighted by atomic mass is 16.5. The van der Waals surface area contributed by atoms with E-state index in [-0.39, 0.29) is 5.60 Å². The lowest BCUT2D eigenvalue weighted by atomic mass is 9.73. The van der Waals surface area contributed by atoms with Crippen LogP contribution in [0, 0.1) is 0 Å². The number of methoxy groups -OCH3 is 1. The molecule has 1 fully saturated rings. The van der Waals surface area contributed by atoms with Crippen molar-refractivity contribution in [3.8, 4) is 0 Å². The van der Waals surface area contributed by atoms with E-state index in [2.05, 4.69) is 29.2 Å². The van der Waals surface area contributed by atoms with Gasteiger partial charge >= 0.3 is 0 Å². The second-order valence-corrected chi connectivity index (χ2v) is 5.34. The van der Waals surface area contributed by atoms with Crippen LogP contribution in [0.25, 0.3) is 0 Å². The van der Waals surface area contributed by atoms with Crippen LogP contribution in [0.5, 0.6) is 0 Å². The van der Waals surface area contributed by atoms with E-state index >= 15 is 0 Å². The molecule has 108 valence electrons. The molecule has 0 saturated heterocycles. The third kappa shape index (κ3) is 2.98. The number of rotatable bonds is 8. The van der Waals surface area contributed by atoms with Crippen LogP contribution in [0.4, 0.5) is 0 Å². The highest BCUT2D eigenvalue weighted by Crippen LogP contribution is 2.39. The molecule has 19 heavy (non-hydrogen) atoms. The summed E-state index contributed by atoms with van der Waals surface area (Å²) in [6.07, 6.45) is 7.18. The number of aryl methyl sites for hydroxylation is 1. The topological polar surface area (TPSA) is 52.0 Å². The summed E-state index contributed by atoms with van der Waals surface area (Å²) < 4.78 is 7.84. The molecular weight excluding hydrogens is 240 g/mol. The van der Waals surface area contributed by atoms with Crippen LogP contribution in [0.15, 0.2) is 6.33 Å². The van der Waals surface area contributed by atoms with Crippen LogP contribution in [0.2, 0.25) is 0 Å². The van der Waals surface area contributed by atoms with E-state index in [0.29, 0.717) is 6.04 Å². The Bertz CT molecular complexity index is 381. The molecular formula is C14H26N4O. The van der Waals surface area contributed by atoms with E-state index in [0.717, 1.165) is 44.6 Å². The van der Waals surface area contributed by atoms with Crippen LogP contribution in [-0.2, 0) is 17.7 Å². The third-order valence-electron chi connectivity index (χ3n) is 4.21. The van der Waals surface area contributed by atoms with E-state index in [1.165, 1.54) is 6.42 Å². The summed E-state index contributed by atoms with van der Waals surface area (Å²) in [7, 11) is 1.83. The van der Waals surface area contributed by atoms with Gasteiger partial charge in [-0.3, -0.25) is 4.68 Å². The maximum Gasteiger partial charge on any atom is 0.138 e. The fraction of sp³-hybridized carbons (Fsp3) is 0.857. The highest BCUT2D eigenvalue weighted by molar-refractivity contribution is 5.04. The Labute approximate surface area is 115 Å². The molecule has 0 bridgehead atoms. The molecule has 1 atom stereocenters. The van der Waals surface area contributed by atoms with Crippen molar-refractivity contribution in [3.63, 3.8) is 0 Å². The van der Waals surface area contributed by atoms with Gasteiger partial charge in [-0.1, -0.05) is 13.8 Å². The van der Waals surface area contributed by atoms with Crippen molar-refractivity contribution >= 4 is 0 Å². The SMILES string of the molecule is CCCn1ncnc1CC(NCC)C1(OC)CCC1. The Hall–Kier alpha value is -0.940. The number of likely N-dealkylation sites (N-methyl/N-ethyl adjacent to an activating group) is 1. The van der Waals surface area contributed by atoms with Crippen molar-refractivity contribution in [2.45, 2.75) is 64.1 Å². The molecule has 5 heteroatoms. The minimum absolute atomic E-state index is 0.000987. The van der Waals surface area contributed by atoms with Gasteiger partial charge in [0.1, 0.15) is 12.2 Å². The van der Waals surface area contributed by atoms with Crippen molar-refractivity contribution < 1.29 is 4.74 Å². The molecule has 1 saturated carbocycles. The maximum atomic E-state index is 5.82. The van der Waals surface area contributed by atoms with Crippen LogP contribution in [-0.4, -0.2) is 40.1 Å². The Morgan fingerprint density at radius 3 is 2.79 bits per heavy atom. The largest absolute Gasteiger partial charge is 0.377 e. The Kier molecular flexibility index (Phi) is 4.93. The van der Waals surface area contributed by atoms with Gasteiger partial charge in [0, 0.05) is 26.1 Å². The number of nitrogens with one attached hydrogen (secondary N) is 1. The maximum absolute atomic E-state index is 5.82. The van der Waals surface area contributed by atoms with Crippen LogP contribution in [0.1, 0.15) is 45.4 Å². The van der Waals surface area contributed by atoms with Crippen molar-refractivity contribution in [2.24, 2.45) is 0 Å². The minimum atomic E-state index is -0.000987. The number of aromatic nitrogens is 3. The molecule has 1 unspecified atom stereocenters. The smallest absolute Gasteiger partial charge is 0.138 e. The Morgan fingerprint density at radius 2 is 2.26 bits per heavy atom. The number of hydrogen-bond acceptors (Lipinski definition) is 4. The zero-order valence-electron chi connectivity index (χ0n) is 12.4. The standard InChI is InChI=1S/C14H26N4O/c1-4-9-18-13(16-11-17-18)10-12(15-5-2)14(19-3)7-6-8-14/h11-12,15H,4-10H2,1-3H3. The predicted octanol–water partition coefficient (Wildman–Crippen LogP) is 1.78. The Morgan fingerprint density at radius 1 is 1.47 bits per heavy atom. The van der Waals surface area contributed by atoms with Gasteiger partial charge < -0.3 is 10.1 Å². The van der Waals surface area contributed by atoms with E-state index in [1.807, 2.05) is 11.8 Å². The average Bonchev–Trinajstić information content (AvgIpc) is 2.77. The van der Waals surface area contributed by atoms with Crippen LogP contribution < -0.4 is 5.32 Å². The number of hydrogen-bond donors (Lipinski definition) is 1. The van der Waals surface area contributed by atoms with Crippen molar-refractivity contribution in [1.29, 1.82) is 0 Å². The lowest BCUT2D eigenvalue weighted by molar-refractivity contribution is -0.0983. The van der Waals surface area contributed by atoms with Crippen LogP contribution in [0.3, 0.4) is 0 Å². The molecule has 1 aliphatic carbocycles. The van der Waals surface area contributed by atoms with Gasteiger partial charge in [0.25, 0.3) is 0 Å². The first-order valence-corrected chi connectivity index (χ1v) is 7.41. The molecule has 5 nitrogen and oxygen atoms in total. The fourth-order valence-electron chi connectivity index (χ4n) is 2.94. The monoisotopic (exact) mass is 266 g/mol. The first kappa shape index (κ1) is 14.5. The molecule has 0 spiro atoms. The second-order valence-electron chi connectivity index (χ2n) is 5.34. The third-order valence-corrected chi connectivity index (χ3v) is 4.21. The summed E-state index contributed by atoms with van der Waals surface area (Å²) in [4.78, 5) is 4.42.